The van der Waals surface area contributed by atoms with Gasteiger partial charge in [-0.2, -0.15) is 0 Å². The van der Waals surface area contributed by atoms with Crippen molar-refractivity contribution in [2.75, 3.05) is 13.7 Å². The molecule has 4 heterocycles. The molecule has 0 aromatic carbocycles. The Morgan fingerprint density at radius 2 is 1.63 bits per heavy atom. The largest absolute Gasteiger partial charge is 0.466 e. The first-order valence-electron chi connectivity index (χ1n) is 19.2. The molecule has 3 saturated heterocycles. The Hall–Kier alpha value is -2.35. The summed E-state index contributed by atoms with van der Waals surface area (Å²) in [7, 11) is 1.23. The van der Waals surface area contributed by atoms with E-state index in [1.165, 1.54) is 13.2 Å². The molecule has 290 valence electrons. The van der Waals surface area contributed by atoms with E-state index in [-0.39, 0.29) is 55.7 Å². The van der Waals surface area contributed by atoms with Gasteiger partial charge in [0.15, 0.2) is 6.10 Å². The van der Waals surface area contributed by atoms with E-state index in [4.69, 9.17) is 28.4 Å². The summed E-state index contributed by atoms with van der Waals surface area (Å²) >= 11 is 0. The third kappa shape index (κ3) is 12.1. The van der Waals surface area contributed by atoms with Crippen LogP contribution in [0.3, 0.4) is 0 Å². The fourth-order valence-corrected chi connectivity index (χ4v) is 7.76. The first-order chi connectivity index (χ1) is 24.3. The van der Waals surface area contributed by atoms with Crippen LogP contribution in [-0.2, 0) is 42.8 Å². The van der Waals surface area contributed by atoms with E-state index in [0.717, 1.165) is 64.2 Å². The SMILES string of the molecule is CCCCCCCC(=O)O[C@H]1/C(=C/C(=O)OC)C[C@H]2C[C@H](CO)OC(=O)C[C@H](O)C[C@@H]3CCC[C@H](C[C@@H]4CCC[C@H](/C=C\C(C)(C)[C@]1(O)O2)O4)O3. The second-order valence-electron chi connectivity index (χ2n) is 15.4. The normalized spacial score (nSPS) is 36.4. The van der Waals surface area contributed by atoms with Gasteiger partial charge in [0.2, 0.25) is 5.79 Å². The third-order valence-electron chi connectivity index (χ3n) is 10.7. The molecule has 6 bridgehead atoms. The van der Waals surface area contributed by atoms with Crippen LogP contribution in [0.5, 0.6) is 0 Å². The van der Waals surface area contributed by atoms with E-state index >= 15 is 0 Å². The fourth-order valence-electron chi connectivity index (χ4n) is 7.76. The molecule has 12 nitrogen and oxygen atoms in total. The molecular weight excluding hydrogens is 660 g/mol. The van der Waals surface area contributed by atoms with Gasteiger partial charge >= 0.3 is 17.9 Å². The van der Waals surface area contributed by atoms with Crippen LogP contribution in [0.4, 0.5) is 0 Å². The van der Waals surface area contributed by atoms with Gasteiger partial charge in [0, 0.05) is 30.8 Å². The Bertz CT molecular complexity index is 1200. The van der Waals surface area contributed by atoms with Gasteiger partial charge in [-0.15, -0.1) is 0 Å². The van der Waals surface area contributed by atoms with Crippen molar-refractivity contribution < 1.29 is 58.1 Å². The monoisotopic (exact) mass is 722 g/mol. The number of aliphatic hydroxyl groups excluding tert-OH is 2. The molecule has 0 aromatic heterocycles. The zero-order valence-electron chi connectivity index (χ0n) is 31.1. The molecule has 4 aliphatic rings. The number of carbonyl (C=O) groups is 3. The van der Waals surface area contributed by atoms with Crippen LogP contribution >= 0.6 is 0 Å². The van der Waals surface area contributed by atoms with Gasteiger partial charge in [-0.1, -0.05) is 58.6 Å². The number of unbranched alkanes of at least 4 members (excludes halogenated alkanes) is 4. The van der Waals surface area contributed by atoms with E-state index in [1.807, 2.05) is 12.2 Å². The summed E-state index contributed by atoms with van der Waals surface area (Å²) < 4.78 is 35.9. The van der Waals surface area contributed by atoms with Crippen LogP contribution in [-0.4, -0.2) is 102 Å². The number of hydrogen-bond acceptors (Lipinski definition) is 12. The maximum Gasteiger partial charge on any atom is 0.330 e. The number of hydrogen-bond donors (Lipinski definition) is 3. The average molecular weight is 723 g/mol. The predicted octanol–water partition coefficient (Wildman–Crippen LogP) is 5.13. The first-order valence-corrected chi connectivity index (χ1v) is 19.2. The van der Waals surface area contributed by atoms with Crippen molar-refractivity contribution in [3.63, 3.8) is 0 Å². The molecule has 4 rings (SSSR count). The van der Waals surface area contributed by atoms with Crippen LogP contribution in [0.25, 0.3) is 0 Å². The van der Waals surface area contributed by atoms with Gasteiger partial charge in [0.1, 0.15) is 6.10 Å². The Labute approximate surface area is 303 Å². The lowest BCUT2D eigenvalue weighted by Crippen LogP contribution is -2.62. The van der Waals surface area contributed by atoms with Crippen LogP contribution < -0.4 is 0 Å². The van der Waals surface area contributed by atoms with Gasteiger partial charge in [0.05, 0.1) is 56.8 Å². The second kappa shape index (κ2) is 19.6. The number of carbonyl (C=O) groups excluding carboxylic acids is 3. The molecule has 0 aliphatic carbocycles. The summed E-state index contributed by atoms with van der Waals surface area (Å²) in [5.74, 6) is -4.10. The van der Waals surface area contributed by atoms with Crippen molar-refractivity contribution in [3.05, 3.63) is 23.8 Å². The molecule has 3 N–H and O–H groups in total. The molecule has 3 fully saturated rings. The van der Waals surface area contributed by atoms with E-state index in [1.54, 1.807) is 13.8 Å². The molecule has 4 aliphatic heterocycles. The van der Waals surface area contributed by atoms with Gasteiger partial charge in [-0.05, 0) is 63.4 Å². The molecule has 0 saturated carbocycles. The number of cyclic esters (lactones) is 1. The number of fused-ring (bicyclic) bond motifs is 6. The Balaban J connectivity index is 1.68. The number of rotatable bonds is 9. The summed E-state index contributed by atoms with van der Waals surface area (Å²) in [6.07, 6.45) is 11.0. The quantitative estimate of drug-likeness (QED) is 0.0945. The van der Waals surface area contributed by atoms with Crippen LogP contribution in [0.2, 0.25) is 0 Å². The summed E-state index contributed by atoms with van der Waals surface area (Å²) in [6.45, 7) is 5.11. The molecule has 51 heavy (non-hydrogen) atoms. The summed E-state index contributed by atoms with van der Waals surface area (Å²) in [6, 6.07) is 0. The lowest BCUT2D eigenvalue weighted by atomic mass is 9.74. The van der Waals surface area contributed by atoms with Crippen molar-refractivity contribution in [2.24, 2.45) is 5.41 Å². The maximum absolute atomic E-state index is 13.3. The highest BCUT2D eigenvalue weighted by molar-refractivity contribution is 5.83. The summed E-state index contributed by atoms with van der Waals surface area (Å²) in [4.78, 5) is 38.9. The highest BCUT2D eigenvalue weighted by Gasteiger charge is 2.57. The van der Waals surface area contributed by atoms with Crippen LogP contribution in [0, 0.1) is 5.41 Å². The van der Waals surface area contributed by atoms with Crippen molar-refractivity contribution in [1.82, 2.24) is 0 Å². The molecule has 12 heteroatoms. The van der Waals surface area contributed by atoms with Gasteiger partial charge in [0.25, 0.3) is 0 Å². The number of aliphatic hydroxyl groups is 3. The molecule has 0 aromatic rings. The van der Waals surface area contributed by atoms with Gasteiger partial charge in [-0.3, -0.25) is 9.59 Å². The zero-order valence-corrected chi connectivity index (χ0v) is 31.1. The van der Waals surface area contributed by atoms with E-state index in [2.05, 4.69) is 6.92 Å². The van der Waals surface area contributed by atoms with E-state index in [9.17, 15) is 29.7 Å². The molecule has 9 atom stereocenters. The Morgan fingerprint density at radius 1 is 0.941 bits per heavy atom. The molecular formula is C39H62O12. The first kappa shape index (κ1) is 41.4. The van der Waals surface area contributed by atoms with Gasteiger partial charge in [-0.25, -0.2) is 4.79 Å². The van der Waals surface area contributed by atoms with Crippen molar-refractivity contribution in [2.45, 2.75) is 185 Å². The van der Waals surface area contributed by atoms with Crippen molar-refractivity contribution in [1.29, 1.82) is 0 Å². The van der Waals surface area contributed by atoms with E-state index < -0.39 is 60.1 Å². The number of esters is 3. The third-order valence-corrected chi connectivity index (χ3v) is 10.7. The Morgan fingerprint density at radius 3 is 2.33 bits per heavy atom. The molecule has 0 spiro atoms. The summed E-state index contributed by atoms with van der Waals surface area (Å²) in [5, 5.41) is 33.7. The van der Waals surface area contributed by atoms with Crippen LogP contribution in [0.1, 0.15) is 130 Å². The molecule has 0 radical (unpaired) electrons. The minimum Gasteiger partial charge on any atom is -0.466 e. The van der Waals surface area contributed by atoms with Crippen molar-refractivity contribution in [3.8, 4) is 0 Å². The smallest absolute Gasteiger partial charge is 0.330 e. The number of ether oxygens (including phenoxy) is 6. The van der Waals surface area contributed by atoms with Crippen molar-refractivity contribution >= 4 is 17.9 Å². The lowest BCUT2D eigenvalue weighted by molar-refractivity contribution is -0.327. The lowest BCUT2D eigenvalue weighted by Gasteiger charge is -2.51. The van der Waals surface area contributed by atoms with Gasteiger partial charge < -0.3 is 43.7 Å². The Kier molecular flexibility index (Phi) is 16.0. The number of methoxy groups -OCH3 is 1. The fraction of sp³-hybridized carbons (Fsp3) is 0.821. The summed E-state index contributed by atoms with van der Waals surface area (Å²) in [5.41, 5.74) is -0.929. The molecule has 0 unspecified atom stereocenters. The topological polar surface area (TPSA) is 167 Å². The average Bonchev–Trinajstić information content (AvgIpc) is 3.08. The predicted molar refractivity (Wildman–Crippen MR) is 187 cm³/mol. The standard InChI is InChI=1S/C39H62O12/c1-5-6-7-8-9-16-34(42)50-37-26(20-35(43)46-4)19-32-24-33(25-40)49-36(44)22-27(41)21-29-13-11-15-31(48-29)23-30-14-10-12-28(47-30)17-18-38(2,3)39(37,45)51-32/h17-18,20,27-33,37,40-41,45H,5-16,19,21-25H2,1-4H3/b18-17-,26-20+/t27-,28-,29+,30+,31-,32+,33-,37+,39-/m1/s1. The minimum atomic E-state index is -2.19. The highest BCUT2D eigenvalue weighted by atomic mass is 16.7. The zero-order chi connectivity index (χ0) is 37.0. The van der Waals surface area contributed by atoms with E-state index in [0.29, 0.717) is 19.3 Å². The second-order valence-corrected chi connectivity index (χ2v) is 15.4. The molecule has 0 amide bonds. The highest BCUT2D eigenvalue weighted by Crippen LogP contribution is 2.47. The minimum absolute atomic E-state index is 0.0215. The maximum atomic E-state index is 13.3. The van der Waals surface area contributed by atoms with Crippen LogP contribution in [0.15, 0.2) is 23.8 Å².